The van der Waals surface area contributed by atoms with Crippen LogP contribution in [0.3, 0.4) is 0 Å². The van der Waals surface area contributed by atoms with E-state index in [1.807, 2.05) is 31.3 Å². The van der Waals surface area contributed by atoms with Crippen molar-refractivity contribution in [3.8, 4) is 0 Å². The molecule has 0 aliphatic rings. The zero-order valence-electron chi connectivity index (χ0n) is 11.5. The van der Waals surface area contributed by atoms with Gasteiger partial charge in [-0.25, -0.2) is 4.39 Å². The number of amides is 1. The van der Waals surface area contributed by atoms with Gasteiger partial charge in [0.25, 0.3) is 5.91 Å². The maximum atomic E-state index is 12.8. The minimum absolute atomic E-state index is 0.246. The molecular formula is C16H14FN3O. The molecule has 1 aromatic heterocycles. The van der Waals surface area contributed by atoms with Gasteiger partial charge in [0.2, 0.25) is 0 Å². The van der Waals surface area contributed by atoms with Gasteiger partial charge in [0.05, 0.1) is 17.8 Å². The fourth-order valence-corrected chi connectivity index (χ4v) is 2.29. The normalized spacial score (nSPS) is 10.8. The molecule has 1 heterocycles. The average Bonchev–Trinajstić information content (AvgIpc) is 2.83. The Bertz CT molecular complexity index is 793. The summed E-state index contributed by atoms with van der Waals surface area (Å²) < 4.78 is 14.6. The summed E-state index contributed by atoms with van der Waals surface area (Å²) >= 11 is 0. The lowest BCUT2D eigenvalue weighted by Gasteiger charge is -2.03. The van der Waals surface area contributed by atoms with Crippen molar-refractivity contribution in [1.82, 2.24) is 15.1 Å². The SMILES string of the molecule is Cn1nc(CNC(=O)c2ccc(F)cc2)c2ccccc21. The molecule has 0 saturated carbocycles. The van der Waals surface area contributed by atoms with Crippen molar-refractivity contribution in [2.75, 3.05) is 0 Å². The number of halogens is 1. The lowest BCUT2D eigenvalue weighted by atomic mass is 10.2. The van der Waals surface area contributed by atoms with Crippen LogP contribution in [0.5, 0.6) is 0 Å². The first kappa shape index (κ1) is 13.3. The van der Waals surface area contributed by atoms with Crippen LogP contribution in [0, 0.1) is 5.82 Å². The highest BCUT2D eigenvalue weighted by Gasteiger charge is 2.10. The highest BCUT2D eigenvalue weighted by Crippen LogP contribution is 2.17. The number of nitrogens with one attached hydrogen (secondary N) is 1. The number of rotatable bonds is 3. The van der Waals surface area contributed by atoms with Gasteiger partial charge in [0.15, 0.2) is 0 Å². The van der Waals surface area contributed by atoms with Gasteiger partial charge in [-0.05, 0) is 30.3 Å². The maximum absolute atomic E-state index is 12.8. The molecule has 0 saturated heterocycles. The molecule has 5 heteroatoms. The van der Waals surface area contributed by atoms with Gasteiger partial charge >= 0.3 is 0 Å². The van der Waals surface area contributed by atoms with Crippen molar-refractivity contribution >= 4 is 16.8 Å². The van der Waals surface area contributed by atoms with E-state index in [4.69, 9.17) is 0 Å². The number of para-hydroxylation sites is 1. The number of carbonyl (C=O) groups is 1. The first-order valence-corrected chi connectivity index (χ1v) is 6.59. The van der Waals surface area contributed by atoms with Crippen LogP contribution in [0.2, 0.25) is 0 Å². The van der Waals surface area contributed by atoms with Crippen LogP contribution in [0.1, 0.15) is 16.1 Å². The average molecular weight is 283 g/mol. The highest BCUT2D eigenvalue weighted by molar-refractivity contribution is 5.94. The van der Waals surface area contributed by atoms with E-state index >= 15 is 0 Å². The third-order valence-corrected chi connectivity index (χ3v) is 3.36. The van der Waals surface area contributed by atoms with Crippen LogP contribution < -0.4 is 5.32 Å². The number of aromatic nitrogens is 2. The molecule has 0 atom stereocenters. The Morgan fingerprint density at radius 2 is 1.90 bits per heavy atom. The van der Waals surface area contributed by atoms with Gasteiger partial charge in [-0.3, -0.25) is 9.48 Å². The molecule has 3 aromatic rings. The van der Waals surface area contributed by atoms with E-state index in [9.17, 15) is 9.18 Å². The Labute approximate surface area is 121 Å². The first-order chi connectivity index (χ1) is 10.1. The van der Waals surface area contributed by atoms with Crippen LogP contribution in [0.4, 0.5) is 4.39 Å². The maximum Gasteiger partial charge on any atom is 0.251 e. The van der Waals surface area contributed by atoms with Gasteiger partial charge < -0.3 is 5.32 Å². The Balaban J connectivity index is 1.77. The molecule has 1 amide bonds. The molecule has 0 bridgehead atoms. The smallest absolute Gasteiger partial charge is 0.251 e. The van der Waals surface area contributed by atoms with Crippen molar-refractivity contribution in [2.24, 2.45) is 7.05 Å². The summed E-state index contributed by atoms with van der Waals surface area (Å²) in [5, 5.41) is 8.23. The lowest BCUT2D eigenvalue weighted by Crippen LogP contribution is -2.23. The van der Waals surface area contributed by atoms with Crippen molar-refractivity contribution in [3.63, 3.8) is 0 Å². The summed E-state index contributed by atoms with van der Waals surface area (Å²) in [5.74, 6) is -0.605. The summed E-state index contributed by atoms with van der Waals surface area (Å²) in [6.07, 6.45) is 0. The molecular weight excluding hydrogens is 269 g/mol. The summed E-state index contributed by atoms with van der Waals surface area (Å²) in [6, 6.07) is 13.3. The van der Waals surface area contributed by atoms with Crippen LogP contribution in [-0.2, 0) is 13.6 Å². The predicted octanol–water partition coefficient (Wildman–Crippen LogP) is 2.64. The number of hydrogen-bond donors (Lipinski definition) is 1. The molecule has 0 spiro atoms. The predicted molar refractivity (Wildman–Crippen MR) is 78.3 cm³/mol. The van der Waals surface area contributed by atoms with Crippen molar-refractivity contribution < 1.29 is 9.18 Å². The molecule has 106 valence electrons. The number of aryl methyl sites for hydroxylation is 1. The zero-order valence-corrected chi connectivity index (χ0v) is 11.5. The van der Waals surface area contributed by atoms with Gasteiger partial charge in [0.1, 0.15) is 5.82 Å². The Morgan fingerprint density at radius 3 is 2.67 bits per heavy atom. The van der Waals surface area contributed by atoms with E-state index in [0.29, 0.717) is 12.1 Å². The Kier molecular flexibility index (Phi) is 3.39. The molecule has 0 unspecified atom stereocenters. The topological polar surface area (TPSA) is 46.9 Å². The number of hydrogen-bond acceptors (Lipinski definition) is 2. The van der Waals surface area contributed by atoms with Crippen LogP contribution in [0.25, 0.3) is 10.9 Å². The van der Waals surface area contributed by atoms with E-state index in [2.05, 4.69) is 10.4 Å². The summed E-state index contributed by atoms with van der Waals surface area (Å²) in [4.78, 5) is 12.0. The van der Waals surface area contributed by atoms with Gasteiger partial charge in [0, 0.05) is 18.0 Å². The van der Waals surface area contributed by atoms with E-state index in [0.717, 1.165) is 16.6 Å². The monoisotopic (exact) mass is 283 g/mol. The standard InChI is InChI=1S/C16H14FN3O/c1-20-15-5-3-2-4-13(15)14(19-20)10-18-16(21)11-6-8-12(17)9-7-11/h2-9H,10H2,1H3,(H,18,21). The van der Waals surface area contributed by atoms with E-state index in [-0.39, 0.29) is 11.7 Å². The largest absolute Gasteiger partial charge is 0.346 e. The fourth-order valence-electron chi connectivity index (χ4n) is 2.29. The lowest BCUT2D eigenvalue weighted by molar-refractivity contribution is 0.0950. The molecule has 21 heavy (non-hydrogen) atoms. The minimum Gasteiger partial charge on any atom is -0.346 e. The molecule has 0 radical (unpaired) electrons. The fraction of sp³-hybridized carbons (Fsp3) is 0.125. The van der Waals surface area contributed by atoms with Gasteiger partial charge in [-0.1, -0.05) is 18.2 Å². The molecule has 0 fully saturated rings. The zero-order chi connectivity index (χ0) is 14.8. The van der Waals surface area contributed by atoms with E-state index in [1.165, 1.54) is 24.3 Å². The number of benzene rings is 2. The third-order valence-electron chi connectivity index (χ3n) is 3.36. The molecule has 2 aromatic carbocycles. The Hall–Kier alpha value is -2.69. The molecule has 0 aliphatic heterocycles. The summed E-state index contributed by atoms with van der Waals surface area (Å²) in [6.45, 7) is 0.331. The molecule has 3 rings (SSSR count). The van der Waals surface area contributed by atoms with Crippen molar-refractivity contribution in [1.29, 1.82) is 0 Å². The van der Waals surface area contributed by atoms with E-state index < -0.39 is 0 Å². The van der Waals surface area contributed by atoms with Crippen LogP contribution in [0.15, 0.2) is 48.5 Å². The second kappa shape index (κ2) is 5.36. The van der Waals surface area contributed by atoms with Gasteiger partial charge in [-0.2, -0.15) is 5.10 Å². The molecule has 1 N–H and O–H groups in total. The van der Waals surface area contributed by atoms with Gasteiger partial charge in [-0.15, -0.1) is 0 Å². The minimum atomic E-state index is -0.359. The first-order valence-electron chi connectivity index (χ1n) is 6.59. The van der Waals surface area contributed by atoms with Crippen molar-refractivity contribution in [2.45, 2.75) is 6.54 Å². The third kappa shape index (κ3) is 2.63. The highest BCUT2D eigenvalue weighted by atomic mass is 19.1. The molecule has 4 nitrogen and oxygen atoms in total. The number of nitrogens with zero attached hydrogens (tertiary/aromatic N) is 2. The number of fused-ring (bicyclic) bond motifs is 1. The Morgan fingerprint density at radius 1 is 1.19 bits per heavy atom. The second-order valence-electron chi connectivity index (χ2n) is 4.78. The quantitative estimate of drug-likeness (QED) is 0.803. The second-order valence-corrected chi connectivity index (χ2v) is 4.78. The van der Waals surface area contributed by atoms with Crippen LogP contribution >= 0.6 is 0 Å². The summed E-state index contributed by atoms with van der Waals surface area (Å²) in [5.41, 5.74) is 2.25. The van der Waals surface area contributed by atoms with Crippen LogP contribution in [-0.4, -0.2) is 15.7 Å². The molecule has 0 aliphatic carbocycles. The van der Waals surface area contributed by atoms with E-state index in [1.54, 1.807) is 4.68 Å². The number of carbonyl (C=O) groups excluding carboxylic acids is 1. The summed E-state index contributed by atoms with van der Waals surface area (Å²) in [7, 11) is 1.87. The van der Waals surface area contributed by atoms with Crippen molar-refractivity contribution in [3.05, 3.63) is 65.6 Å².